The lowest BCUT2D eigenvalue weighted by atomic mass is 9.89. The molecular formula is C26H31ClN4O3. The Morgan fingerprint density at radius 3 is 2.41 bits per heavy atom. The third-order valence-electron chi connectivity index (χ3n) is 7.25. The maximum absolute atomic E-state index is 13.6. The van der Waals surface area contributed by atoms with Gasteiger partial charge in [0, 0.05) is 32.7 Å². The van der Waals surface area contributed by atoms with E-state index in [9.17, 15) is 9.59 Å². The van der Waals surface area contributed by atoms with Gasteiger partial charge in [0.05, 0.1) is 22.9 Å². The highest BCUT2D eigenvalue weighted by Gasteiger charge is 2.52. The molecule has 1 saturated heterocycles. The summed E-state index contributed by atoms with van der Waals surface area (Å²) in [6.45, 7) is 5.09. The lowest BCUT2D eigenvalue weighted by Gasteiger charge is -2.45. The molecule has 0 atom stereocenters. The van der Waals surface area contributed by atoms with Crippen molar-refractivity contribution in [1.29, 1.82) is 0 Å². The summed E-state index contributed by atoms with van der Waals surface area (Å²) >= 11 is 6.16. The van der Waals surface area contributed by atoms with E-state index in [1.165, 1.54) is 0 Å². The maximum Gasteiger partial charge on any atom is 0.250 e. The van der Waals surface area contributed by atoms with Crippen LogP contribution in [-0.2, 0) is 9.59 Å². The number of hydrogen-bond donors (Lipinski definition) is 1. The van der Waals surface area contributed by atoms with E-state index in [2.05, 4.69) is 15.1 Å². The third-order valence-corrected chi connectivity index (χ3v) is 7.56. The Balaban J connectivity index is 1.18. The maximum atomic E-state index is 13.6. The van der Waals surface area contributed by atoms with Crippen LogP contribution in [0.15, 0.2) is 48.5 Å². The van der Waals surface area contributed by atoms with Crippen LogP contribution in [0.3, 0.4) is 0 Å². The number of para-hydroxylation sites is 3. The Labute approximate surface area is 205 Å². The SMILES string of the molecule is O=C(CN1CCN(CCOc2ccccc2Cl)CC1)N1c2ccccc2NC(=O)C12CCCC2. The minimum atomic E-state index is -0.747. The molecule has 1 aliphatic carbocycles. The molecule has 2 aromatic rings. The van der Waals surface area contributed by atoms with Gasteiger partial charge < -0.3 is 10.1 Å². The number of anilines is 2. The molecular weight excluding hydrogens is 452 g/mol. The molecule has 1 spiro atoms. The van der Waals surface area contributed by atoms with Gasteiger partial charge in [-0.3, -0.25) is 24.3 Å². The van der Waals surface area contributed by atoms with E-state index in [4.69, 9.17) is 16.3 Å². The predicted molar refractivity (Wildman–Crippen MR) is 134 cm³/mol. The van der Waals surface area contributed by atoms with Crippen LogP contribution in [0, 0.1) is 0 Å². The molecule has 180 valence electrons. The fraction of sp³-hybridized carbons (Fsp3) is 0.462. The molecule has 1 N–H and O–H groups in total. The van der Waals surface area contributed by atoms with E-state index >= 15 is 0 Å². The smallest absolute Gasteiger partial charge is 0.250 e. The minimum absolute atomic E-state index is 0.0136. The van der Waals surface area contributed by atoms with Gasteiger partial charge in [-0.05, 0) is 37.1 Å². The molecule has 0 bridgehead atoms. The quantitative estimate of drug-likeness (QED) is 0.681. The molecule has 3 aliphatic rings. The second kappa shape index (κ2) is 9.94. The molecule has 34 heavy (non-hydrogen) atoms. The van der Waals surface area contributed by atoms with E-state index in [0.717, 1.165) is 69.8 Å². The van der Waals surface area contributed by atoms with Gasteiger partial charge in [-0.15, -0.1) is 0 Å². The van der Waals surface area contributed by atoms with Crippen molar-refractivity contribution in [3.63, 3.8) is 0 Å². The standard InChI is InChI=1S/C26H31ClN4O3/c27-20-7-1-4-10-23(20)34-18-17-29-13-15-30(16-14-29)19-24(32)31-22-9-3-2-8-21(22)28-25(33)26(31)11-5-6-12-26/h1-4,7-10H,5-6,11-19H2,(H,28,33). The molecule has 2 heterocycles. The number of carbonyl (C=O) groups is 2. The highest BCUT2D eigenvalue weighted by molar-refractivity contribution is 6.32. The van der Waals surface area contributed by atoms with E-state index in [1.54, 1.807) is 0 Å². The fourth-order valence-electron chi connectivity index (χ4n) is 5.41. The summed E-state index contributed by atoms with van der Waals surface area (Å²) in [6.07, 6.45) is 3.37. The molecule has 2 fully saturated rings. The first-order chi connectivity index (χ1) is 16.6. The zero-order valence-corrected chi connectivity index (χ0v) is 20.1. The van der Waals surface area contributed by atoms with Gasteiger partial charge in [0.15, 0.2) is 0 Å². The van der Waals surface area contributed by atoms with E-state index in [0.29, 0.717) is 23.9 Å². The summed E-state index contributed by atoms with van der Waals surface area (Å²) in [5.41, 5.74) is 0.801. The lowest BCUT2D eigenvalue weighted by Crippen LogP contribution is -2.62. The summed E-state index contributed by atoms with van der Waals surface area (Å²) in [7, 11) is 0. The topological polar surface area (TPSA) is 65.1 Å². The molecule has 2 amide bonds. The molecule has 7 nitrogen and oxygen atoms in total. The molecule has 2 aliphatic heterocycles. The zero-order chi connectivity index (χ0) is 23.5. The first-order valence-corrected chi connectivity index (χ1v) is 12.5. The Morgan fingerprint density at radius 2 is 1.65 bits per heavy atom. The van der Waals surface area contributed by atoms with Crippen molar-refractivity contribution in [2.24, 2.45) is 0 Å². The van der Waals surface area contributed by atoms with Gasteiger partial charge in [-0.1, -0.05) is 48.7 Å². The van der Waals surface area contributed by atoms with Crippen molar-refractivity contribution in [1.82, 2.24) is 9.80 Å². The predicted octanol–water partition coefficient (Wildman–Crippen LogP) is 3.63. The minimum Gasteiger partial charge on any atom is -0.491 e. The summed E-state index contributed by atoms with van der Waals surface area (Å²) < 4.78 is 5.82. The summed E-state index contributed by atoms with van der Waals surface area (Å²) in [4.78, 5) is 33.1. The Hall–Kier alpha value is -2.61. The number of benzene rings is 2. The Morgan fingerprint density at radius 1 is 0.971 bits per heavy atom. The molecule has 2 aromatic carbocycles. The van der Waals surface area contributed by atoms with Gasteiger partial charge >= 0.3 is 0 Å². The summed E-state index contributed by atoms with van der Waals surface area (Å²) in [5.74, 6) is 0.681. The van der Waals surface area contributed by atoms with Crippen molar-refractivity contribution >= 4 is 34.8 Å². The second-order valence-corrected chi connectivity index (χ2v) is 9.74. The number of amides is 2. The molecule has 0 unspecified atom stereocenters. The van der Waals surface area contributed by atoms with Gasteiger partial charge in [-0.25, -0.2) is 0 Å². The summed E-state index contributed by atoms with van der Waals surface area (Å²) in [5, 5.41) is 3.67. The average Bonchev–Trinajstić information content (AvgIpc) is 3.32. The molecule has 0 radical (unpaired) electrons. The number of nitrogens with zero attached hydrogens (tertiary/aromatic N) is 3. The fourth-order valence-corrected chi connectivity index (χ4v) is 5.60. The van der Waals surface area contributed by atoms with Crippen LogP contribution < -0.4 is 15.0 Å². The van der Waals surface area contributed by atoms with E-state index in [-0.39, 0.29) is 11.8 Å². The van der Waals surface area contributed by atoms with Crippen molar-refractivity contribution in [2.75, 3.05) is 56.1 Å². The molecule has 0 aromatic heterocycles. The largest absolute Gasteiger partial charge is 0.491 e. The van der Waals surface area contributed by atoms with Crippen LogP contribution in [0.2, 0.25) is 5.02 Å². The van der Waals surface area contributed by atoms with Gasteiger partial charge in [0.2, 0.25) is 5.91 Å². The number of carbonyl (C=O) groups excluding carboxylic acids is 2. The number of ether oxygens (including phenoxy) is 1. The number of piperazine rings is 1. The zero-order valence-electron chi connectivity index (χ0n) is 19.3. The van der Waals surface area contributed by atoms with E-state index < -0.39 is 5.54 Å². The first kappa shape index (κ1) is 23.1. The van der Waals surface area contributed by atoms with Crippen molar-refractivity contribution in [3.8, 4) is 5.75 Å². The lowest BCUT2D eigenvalue weighted by molar-refractivity contribution is -0.128. The van der Waals surface area contributed by atoms with Gasteiger partial charge in [0.1, 0.15) is 17.9 Å². The number of hydrogen-bond acceptors (Lipinski definition) is 5. The highest BCUT2D eigenvalue weighted by Crippen LogP contribution is 2.45. The number of nitrogens with one attached hydrogen (secondary N) is 1. The normalized spacial score (nSPS) is 20.3. The highest BCUT2D eigenvalue weighted by atomic mass is 35.5. The van der Waals surface area contributed by atoms with Crippen molar-refractivity contribution < 1.29 is 14.3 Å². The molecule has 1 saturated carbocycles. The van der Waals surface area contributed by atoms with Gasteiger partial charge in [0.25, 0.3) is 5.91 Å². The van der Waals surface area contributed by atoms with Crippen LogP contribution >= 0.6 is 11.6 Å². The number of halogens is 1. The van der Waals surface area contributed by atoms with Crippen LogP contribution in [0.1, 0.15) is 25.7 Å². The first-order valence-electron chi connectivity index (χ1n) is 12.1. The van der Waals surface area contributed by atoms with E-state index in [1.807, 2.05) is 53.4 Å². The molecule has 5 rings (SSSR count). The van der Waals surface area contributed by atoms with Crippen LogP contribution in [0.4, 0.5) is 11.4 Å². The van der Waals surface area contributed by atoms with Crippen LogP contribution in [0.25, 0.3) is 0 Å². The van der Waals surface area contributed by atoms with Crippen molar-refractivity contribution in [3.05, 3.63) is 53.6 Å². The van der Waals surface area contributed by atoms with Crippen LogP contribution in [0.5, 0.6) is 5.75 Å². The van der Waals surface area contributed by atoms with Crippen LogP contribution in [-0.4, -0.2) is 73.0 Å². The monoisotopic (exact) mass is 482 g/mol. The third kappa shape index (κ3) is 4.52. The Bertz CT molecular complexity index is 1050. The molecule has 8 heteroatoms. The second-order valence-electron chi connectivity index (χ2n) is 9.34. The number of fused-ring (bicyclic) bond motifs is 1. The Kier molecular flexibility index (Phi) is 6.77. The number of rotatable bonds is 6. The van der Waals surface area contributed by atoms with Gasteiger partial charge in [-0.2, -0.15) is 0 Å². The van der Waals surface area contributed by atoms with Crippen molar-refractivity contribution in [2.45, 2.75) is 31.2 Å². The average molecular weight is 483 g/mol. The summed E-state index contributed by atoms with van der Waals surface area (Å²) in [6, 6.07) is 15.2.